The number of nitrogens with zero attached hydrogens (tertiary/aromatic N) is 2. The molecule has 1 aromatic carbocycles. The minimum atomic E-state index is -0.231. The summed E-state index contributed by atoms with van der Waals surface area (Å²) < 4.78 is 5.66. The third-order valence-corrected chi connectivity index (χ3v) is 6.09. The average molecular weight is 394 g/mol. The number of nitrogens with one attached hydrogen (secondary N) is 1. The van der Waals surface area contributed by atoms with Crippen LogP contribution in [0.4, 0.5) is 10.6 Å². The molecule has 1 aliphatic carbocycles. The number of amides is 1. The Labute approximate surface area is 173 Å². The van der Waals surface area contributed by atoms with E-state index in [0.29, 0.717) is 12.6 Å². The van der Waals surface area contributed by atoms with Crippen molar-refractivity contribution in [2.45, 2.75) is 70.1 Å². The van der Waals surface area contributed by atoms with E-state index in [9.17, 15) is 4.79 Å². The van der Waals surface area contributed by atoms with Crippen LogP contribution in [-0.2, 0) is 11.3 Å². The molecule has 2 aliphatic rings. The van der Waals surface area contributed by atoms with E-state index in [1.165, 1.54) is 32.1 Å². The van der Waals surface area contributed by atoms with Gasteiger partial charge in [0.25, 0.3) is 0 Å². The second-order valence-electron chi connectivity index (χ2n) is 8.17. The number of carbonyl (C=O) groups is 1. The first-order chi connectivity index (χ1) is 14.3. The Balaban J connectivity index is 1.47. The van der Waals surface area contributed by atoms with Gasteiger partial charge in [0.15, 0.2) is 0 Å². The Kier molecular flexibility index (Phi) is 6.65. The maximum Gasteiger partial charge on any atom is 0.410 e. The maximum absolute atomic E-state index is 12.9. The van der Waals surface area contributed by atoms with Crippen molar-refractivity contribution in [2.24, 2.45) is 0 Å². The highest BCUT2D eigenvalue weighted by molar-refractivity contribution is 5.69. The predicted molar refractivity (Wildman–Crippen MR) is 115 cm³/mol. The highest BCUT2D eigenvalue weighted by Crippen LogP contribution is 2.35. The number of benzene rings is 1. The van der Waals surface area contributed by atoms with Gasteiger partial charge < -0.3 is 15.0 Å². The summed E-state index contributed by atoms with van der Waals surface area (Å²) in [5.74, 6) is 0.937. The number of carbonyl (C=O) groups excluding carboxylic acids is 1. The fraction of sp³-hybridized carbons (Fsp3) is 0.500. The summed E-state index contributed by atoms with van der Waals surface area (Å²) in [6.45, 7) is 1.04. The van der Waals surface area contributed by atoms with Crippen molar-refractivity contribution in [1.29, 1.82) is 0 Å². The minimum absolute atomic E-state index is 0.0202. The summed E-state index contributed by atoms with van der Waals surface area (Å²) in [6.07, 6.45) is 11.0. The van der Waals surface area contributed by atoms with E-state index >= 15 is 0 Å². The second kappa shape index (κ2) is 9.77. The minimum Gasteiger partial charge on any atom is -0.445 e. The molecule has 0 bridgehead atoms. The first kappa shape index (κ1) is 19.7. The molecular weight excluding hydrogens is 362 g/mol. The van der Waals surface area contributed by atoms with Crippen molar-refractivity contribution in [3.8, 4) is 0 Å². The summed E-state index contributed by atoms with van der Waals surface area (Å²) in [4.78, 5) is 19.5. The lowest BCUT2D eigenvalue weighted by Crippen LogP contribution is -2.39. The van der Waals surface area contributed by atoms with Crippen LogP contribution in [0.2, 0.25) is 0 Å². The van der Waals surface area contributed by atoms with Crippen LogP contribution in [-0.4, -0.2) is 28.6 Å². The number of piperidine rings is 1. The predicted octanol–water partition coefficient (Wildman–Crippen LogP) is 5.69. The number of anilines is 1. The Morgan fingerprint density at radius 3 is 2.62 bits per heavy atom. The molecule has 1 aromatic heterocycles. The van der Waals surface area contributed by atoms with Gasteiger partial charge in [-0.1, -0.05) is 55.7 Å². The van der Waals surface area contributed by atoms with Crippen molar-refractivity contribution in [1.82, 2.24) is 9.88 Å². The largest absolute Gasteiger partial charge is 0.445 e. The van der Waals surface area contributed by atoms with E-state index in [4.69, 9.17) is 4.74 Å². The van der Waals surface area contributed by atoms with E-state index in [1.807, 2.05) is 47.5 Å². The first-order valence-electron chi connectivity index (χ1n) is 11.0. The molecule has 0 radical (unpaired) electrons. The number of hydrogen-bond donors (Lipinski definition) is 1. The fourth-order valence-corrected chi connectivity index (χ4v) is 4.52. The lowest BCUT2D eigenvalue weighted by Gasteiger charge is -2.36. The monoisotopic (exact) mass is 393 g/mol. The number of hydrogen-bond acceptors (Lipinski definition) is 4. The summed E-state index contributed by atoms with van der Waals surface area (Å²) in [5, 5.41) is 3.67. The van der Waals surface area contributed by atoms with Gasteiger partial charge >= 0.3 is 6.09 Å². The van der Waals surface area contributed by atoms with Crippen molar-refractivity contribution in [3.63, 3.8) is 0 Å². The van der Waals surface area contributed by atoms with E-state index in [-0.39, 0.29) is 12.1 Å². The molecule has 154 valence electrons. The molecule has 2 aromatic rings. The summed E-state index contributed by atoms with van der Waals surface area (Å²) in [7, 11) is 0. The normalized spacial score (nSPS) is 20.3. The zero-order valence-electron chi connectivity index (χ0n) is 17.1. The Hall–Kier alpha value is -2.56. The van der Waals surface area contributed by atoms with Gasteiger partial charge in [0.1, 0.15) is 12.4 Å². The SMILES string of the molecule is O=C(OCc1ccccc1)N1CCCCC1c1cccnc1NC1CCCCC1. The van der Waals surface area contributed by atoms with Gasteiger partial charge in [0, 0.05) is 24.3 Å². The molecule has 1 saturated carbocycles. The highest BCUT2D eigenvalue weighted by Gasteiger charge is 2.31. The van der Waals surface area contributed by atoms with Gasteiger partial charge in [-0.2, -0.15) is 0 Å². The molecular formula is C24H31N3O2. The van der Waals surface area contributed by atoms with Gasteiger partial charge in [-0.15, -0.1) is 0 Å². The number of aromatic nitrogens is 1. The van der Waals surface area contributed by atoms with Crippen molar-refractivity contribution in [2.75, 3.05) is 11.9 Å². The molecule has 5 nitrogen and oxygen atoms in total. The maximum atomic E-state index is 12.9. The van der Waals surface area contributed by atoms with E-state index in [0.717, 1.165) is 42.8 Å². The number of rotatable bonds is 5. The molecule has 1 unspecified atom stereocenters. The molecule has 2 fully saturated rings. The van der Waals surface area contributed by atoms with Crippen LogP contribution in [0, 0.1) is 0 Å². The zero-order valence-corrected chi connectivity index (χ0v) is 17.1. The van der Waals surface area contributed by atoms with Crippen LogP contribution in [0.3, 0.4) is 0 Å². The van der Waals surface area contributed by atoms with Gasteiger partial charge in [0.05, 0.1) is 6.04 Å². The molecule has 0 spiro atoms. The lowest BCUT2D eigenvalue weighted by atomic mass is 9.93. The molecule has 29 heavy (non-hydrogen) atoms. The molecule has 1 N–H and O–H groups in total. The Morgan fingerprint density at radius 1 is 1.00 bits per heavy atom. The lowest BCUT2D eigenvalue weighted by molar-refractivity contribution is 0.0680. The van der Waals surface area contributed by atoms with Gasteiger partial charge in [-0.05, 0) is 43.7 Å². The van der Waals surface area contributed by atoms with E-state index in [2.05, 4.69) is 16.4 Å². The molecule has 1 atom stereocenters. The molecule has 5 heteroatoms. The van der Waals surface area contributed by atoms with Crippen LogP contribution in [0.1, 0.15) is 68.5 Å². The fourth-order valence-electron chi connectivity index (χ4n) is 4.52. The molecule has 1 amide bonds. The summed E-state index contributed by atoms with van der Waals surface area (Å²) in [5.41, 5.74) is 2.13. The van der Waals surface area contributed by atoms with Crippen LogP contribution in [0.25, 0.3) is 0 Å². The first-order valence-corrected chi connectivity index (χ1v) is 11.0. The molecule has 2 heterocycles. The smallest absolute Gasteiger partial charge is 0.410 e. The third kappa shape index (κ3) is 5.08. The van der Waals surface area contributed by atoms with Crippen LogP contribution >= 0.6 is 0 Å². The molecule has 4 rings (SSSR count). The quantitative estimate of drug-likeness (QED) is 0.709. The second-order valence-corrected chi connectivity index (χ2v) is 8.17. The summed E-state index contributed by atoms with van der Waals surface area (Å²) >= 11 is 0. The van der Waals surface area contributed by atoms with Gasteiger partial charge in [0.2, 0.25) is 0 Å². The average Bonchev–Trinajstić information content (AvgIpc) is 2.79. The van der Waals surface area contributed by atoms with Crippen molar-refractivity contribution >= 4 is 11.9 Å². The molecule has 1 aliphatic heterocycles. The van der Waals surface area contributed by atoms with Crippen LogP contribution in [0.15, 0.2) is 48.7 Å². The van der Waals surface area contributed by atoms with Crippen LogP contribution in [0.5, 0.6) is 0 Å². The Morgan fingerprint density at radius 2 is 1.79 bits per heavy atom. The number of ether oxygens (including phenoxy) is 1. The Bertz CT molecular complexity index is 790. The van der Waals surface area contributed by atoms with Crippen molar-refractivity contribution < 1.29 is 9.53 Å². The van der Waals surface area contributed by atoms with Gasteiger partial charge in [-0.3, -0.25) is 0 Å². The standard InChI is InChI=1S/C24H31N3O2/c28-24(29-18-19-10-3-1-4-11-19)27-17-8-7-15-22(27)21-14-9-16-25-23(21)26-20-12-5-2-6-13-20/h1,3-4,9-11,14,16,20,22H,2,5-8,12-13,15,17-18H2,(H,25,26). The van der Waals surface area contributed by atoms with E-state index in [1.54, 1.807) is 0 Å². The van der Waals surface area contributed by atoms with Crippen LogP contribution < -0.4 is 5.32 Å². The highest BCUT2D eigenvalue weighted by atomic mass is 16.6. The zero-order chi connectivity index (χ0) is 19.9. The third-order valence-electron chi connectivity index (χ3n) is 6.09. The number of likely N-dealkylation sites (tertiary alicyclic amines) is 1. The van der Waals surface area contributed by atoms with Gasteiger partial charge in [-0.25, -0.2) is 9.78 Å². The topological polar surface area (TPSA) is 54.5 Å². The van der Waals surface area contributed by atoms with E-state index < -0.39 is 0 Å². The van der Waals surface area contributed by atoms with Crippen molar-refractivity contribution in [3.05, 3.63) is 59.8 Å². The summed E-state index contributed by atoms with van der Waals surface area (Å²) in [6, 6.07) is 14.5. The number of pyridine rings is 1. The molecule has 1 saturated heterocycles.